The molecule has 1 fully saturated rings. The van der Waals surface area contributed by atoms with Crippen molar-refractivity contribution in [2.75, 3.05) is 10.2 Å². The molecule has 1 aromatic heterocycles. The molecule has 4 nitrogen and oxygen atoms in total. The molecule has 1 aliphatic rings. The van der Waals surface area contributed by atoms with Crippen molar-refractivity contribution in [2.24, 2.45) is 5.92 Å². The molecule has 148 valence electrons. The normalized spacial score (nSPS) is 19.2. The summed E-state index contributed by atoms with van der Waals surface area (Å²) in [4.78, 5) is 29.0. The van der Waals surface area contributed by atoms with E-state index < -0.39 is 0 Å². The van der Waals surface area contributed by atoms with Crippen LogP contribution in [0.25, 0.3) is 0 Å². The number of amides is 2. The number of nitrogens with one attached hydrogen (secondary N) is 1. The molecule has 0 aliphatic carbocycles. The number of hydrogen-bond donors (Lipinski definition) is 1. The van der Waals surface area contributed by atoms with E-state index in [2.05, 4.69) is 5.32 Å². The maximum Gasteiger partial charge on any atom is 0.229 e. The van der Waals surface area contributed by atoms with Crippen molar-refractivity contribution in [3.05, 3.63) is 81.5 Å². The second kappa shape index (κ2) is 8.39. The molecule has 2 aromatic carbocycles. The van der Waals surface area contributed by atoms with Gasteiger partial charge in [-0.3, -0.25) is 9.59 Å². The number of hydrogen-bond acceptors (Lipinski definition) is 3. The third-order valence-corrected chi connectivity index (χ3v) is 6.35. The smallest absolute Gasteiger partial charge is 0.229 e. The second-order valence-corrected chi connectivity index (χ2v) is 8.62. The predicted octanol–water partition coefficient (Wildman–Crippen LogP) is 5.83. The lowest BCUT2D eigenvalue weighted by molar-refractivity contribution is -0.125. The molecule has 1 aliphatic heterocycles. The van der Waals surface area contributed by atoms with Crippen molar-refractivity contribution >= 4 is 46.1 Å². The van der Waals surface area contributed by atoms with Crippen LogP contribution in [-0.4, -0.2) is 11.8 Å². The standard InChI is InChI=1S/C23H21ClN2O2S/c1-15-7-9-18(10-8-15)26-21(27)12-11-19(22(26)20-6-3-13-29-20)23(28)25-17-5-2-4-16(24)14-17/h2-10,13-14,19,22H,11-12H2,1H3,(H,25,28)/t19-,22+/m0/s1. The first kappa shape index (κ1) is 19.7. The highest BCUT2D eigenvalue weighted by molar-refractivity contribution is 7.10. The summed E-state index contributed by atoms with van der Waals surface area (Å²) in [6, 6.07) is 18.6. The molecular weight excluding hydrogens is 404 g/mol. The van der Waals surface area contributed by atoms with Gasteiger partial charge in [0.25, 0.3) is 0 Å². The fraction of sp³-hybridized carbons (Fsp3) is 0.217. The molecule has 6 heteroatoms. The van der Waals surface area contributed by atoms with E-state index in [-0.39, 0.29) is 23.8 Å². The number of aryl methyl sites for hydroxylation is 1. The molecule has 2 amide bonds. The van der Waals surface area contributed by atoms with Gasteiger partial charge in [0.2, 0.25) is 11.8 Å². The third kappa shape index (κ3) is 4.21. The number of piperidine rings is 1. The highest BCUT2D eigenvalue weighted by atomic mass is 35.5. The zero-order chi connectivity index (χ0) is 20.4. The number of thiophene rings is 1. The predicted molar refractivity (Wildman–Crippen MR) is 119 cm³/mol. The maximum atomic E-state index is 13.2. The minimum atomic E-state index is -0.355. The van der Waals surface area contributed by atoms with E-state index >= 15 is 0 Å². The van der Waals surface area contributed by atoms with Gasteiger partial charge in [-0.2, -0.15) is 0 Å². The Morgan fingerprint density at radius 3 is 2.62 bits per heavy atom. The molecule has 0 spiro atoms. The topological polar surface area (TPSA) is 49.4 Å². The lowest BCUT2D eigenvalue weighted by Crippen LogP contribution is -2.46. The van der Waals surface area contributed by atoms with E-state index in [4.69, 9.17) is 11.6 Å². The Kier molecular flexibility index (Phi) is 5.69. The molecule has 0 unspecified atom stereocenters. The van der Waals surface area contributed by atoms with Crippen molar-refractivity contribution in [1.29, 1.82) is 0 Å². The number of rotatable bonds is 4. The highest BCUT2D eigenvalue weighted by Gasteiger charge is 2.42. The van der Waals surface area contributed by atoms with Crippen LogP contribution in [-0.2, 0) is 9.59 Å². The van der Waals surface area contributed by atoms with Gasteiger partial charge in [0.05, 0.1) is 12.0 Å². The summed E-state index contributed by atoms with van der Waals surface area (Å²) in [5.74, 6) is -0.416. The largest absolute Gasteiger partial charge is 0.326 e. The number of anilines is 2. The van der Waals surface area contributed by atoms with Crippen molar-refractivity contribution in [2.45, 2.75) is 25.8 Å². The Morgan fingerprint density at radius 2 is 1.93 bits per heavy atom. The van der Waals surface area contributed by atoms with Gasteiger partial charge in [0.15, 0.2) is 0 Å². The summed E-state index contributed by atoms with van der Waals surface area (Å²) in [6.45, 7) is 2.01. The quantitative estimate of drug-likeness (QED) is 0.572. The van der Waals surface area contributed by atoms with Crippen LogP contribution >= 0.6 is 22.9 Å². The molecule has 0 bridgehead atoms. The van der Waals surface area contributed by atoms with Gasteiger partial charge < -0.3 is 10.2 Å². The fourth-order valence-electron chi connectivity index (χ4n) is 3.76. The van der Waals surface area contributed by atoms with Crippen LogP contribution < -0.4 is 10.2 Å². The summed E-state index contributed by atoms with van der Waals surface area (Å²) in [7, 11) is 0. The van der Waals surface area contributed by atoms with Gasteiger partial charge >= 0.3 is 0 Å². The van der Waals surface area contributed by atoms with Crippen molar-refractivity contribution in [3.8, 4) is 0 Å². The van der Waals surface area contributed by atoms with Gasteiger partial charge in [-0.05, 0) is 55.1 Å². The molecule has 3 aromatic rings. The van der Waals surface area contributed by atoms with E-state index in [0.29, 0.717) is 23.6 Å². The lowest BCUT2D eigenvalue weighted by atomic mass is 9.86. The average Bonchev–Trinajstić information content (AvgIpc) is 3.23. The van der Waals surface area contributed by atoms with Crippen molar-refractivity contribution in [1.82, 2.24) is 0 Å². The number of nitrogens with zero attached hydrogens (tertiary/aromatic N) is 1. The van der Waals surface area contributed by atoms with Crippen LogP contribution in [0.2, 0.25) is 5.02 Å². The van der Waals surface area contributed by atoms with Crippen LogP contribution in [0.1, 0.15) is 29.3 Å². The van der Waals surface area contributed by atoms with Crippen molar-refractivity contribution < 1.29 is 9.59 Å². The SMILES string of the molecule is Cc1ccc(N2C(=O)CC[C@H](C(=O)Nc3cccc(Cl)c3)[C@@H]2c2cccs2)cc1. The molecule has 1 N–H and O–H groups in total. The first-order chi connectivity index (χ1) is 14.0. The van der Waals surface area contributed by atoms with E-state index in [1.54, 1.807) is 34.4 Å². The Bertz CT molecular complexity index is 1020. The first-order valence-corrected chi connectivity index (χ1v) is 10.8. The molecule has 4 rings (SSSR count). The van der Waals surface area contributed by atoms with Crippen LogP contribution in [0.4, 0.5) is 11.4 Å². The molecule has 2 heterocycles. The number of benzene rings is 2. The van der Waals surface area contributed by atoms with Crippen LogP contribution in [0, 0.1) is 12.8 Å². The van der Waals surface area contributed by atoms with Gasteiger partial charge in [0.1, 0.15) is 0 Å². The first-order valence-electron chi connectivity index (χ1n) is 9.51. The molecular formula is C23H21ClN2O2S. The van der Waals surface area contributed by atoms with Crippen LogP contribution in [0.3, 0.4) is 0 Å². The minimum absolute atomic E-state index is 0.0408. The van der Waals surface area contributed by atoms with Gasteiger partial charge in [0, 0.05) is 27.7 Å². The summed E-state index contributed by atoms with van der Waals surface area (Å²) in [5, 5.41) is 5.53. The summed E-state index contributed by atoms with van der Waals surface area (Å²) < 4.78 is 0. The van der Waals surface area contributed by atoms with Gasteiger partial charge in [-0.15, -0.1) is 11.3 Å². The second-order valence-electron chi connectivity index (χ2n) is 7.20. The monoisotopic (exact) mass is 424 g/mol. The number of carbonyl (C=O) groups is 2. The van der Waals surface area contributed by atoms with E-state index in [1.807, 2.05) is 54.8 Å². The Balaban J connectivity index is 1.69. The van der Waals surface area contributed by atoms with Gasteiger partial charge in [-0.25, -0.2) is 0 Å². The summed E-state index contributed by atoms with van der Waals surface area (Å²) in [6.07, 6.45) is 0.847. The Hall–Kier alpha value is -2.63. The fourth-order valence-corrected chi connectivity index (χ4v) is 4.83. The highest BCUT2D eigenvalue weighted by Crippen LogP contribution is 2.42. The molecule has 2 atom stereocenters. The molecule has 0 radical (unpaired) electrons. The molecule has 1 saturated heterocycles. The Morgan fingerprint density at radius 1 is 1.14 bits per heavy atom. The Labute approximate surface area is 179 Å². The zero-order valence-corrected chi connectivity index (χ0v) is 17.5. The van der Waals surface area contributed by atoms with E-state index in [1.165, 1.54) is 0 Å². The van der Waals surface area contributed by atoms with Gasteiger partial charge in [-0.1, -0.05) is 41.4 Å². The number of halogens is 1. The molecule has 0 saturated carbocycles. The lowest BCUT2D eigenvalue weighted by Gasteiger charge is -2.40. The minimum Gasteiger partial charge on any atom is -0.326 e. The van der Waals surface area contributed by atoms with Crippen molar-refractivity contribution in [3.63, 3.8) is 0 Å². The van der Waals surface area contributed by atoms with Crippen LogP contribution in [0.15, 0.2) is 66.0 Å². The summed E-state index contributed by atoms with van der Waals surface area (Å²) >= 11 is 7.62. The zero-order valence-electron chi connectivity index (χ0n) is 16.0. The molecule has 29 heavy (non-hydrogen) atoms. The summed E-state index contributed by atoms with van der Waals surface area (Å²) in [5.41, 5.74) is 2.60. The number of carbonyl (C=O) groups excluding carboxylic acids is 2. The maximum absolute atomic E-state index is 13.2. The van der Waals surface area contributed by atoms with E-state index in [9.17, 15) is 9.59 Å². The third-order valence-electron chi connectivity index (χ3n) is 5.17. The van der Waals surface area contributed by atoms with E-state index in [0.717, 1.165) is 16.1 Å². The van der Waals surface area contributed by atoms with Crippen LogP contribution in [0.5, 0.6) is 0 Å². The average molecular weight is 425 g/mol.